The van der Waals surface area contributed by atoms with Crippen molar-refractivity contribution in [1.29, 1.82) is 0 Å². The first-order valence-electron chi connectivity index (χ1n) is 9.30. The molecule has 1 N–H and O–H groups in total. The summed E-state index contributed by atoms with van der Waals surface area (Å²) < 4.78 is 44.7. The minimum absolute atomic E-state index is 0.0369. The van der Waals surface area contributed by atoms with E-state index in [0.29, 0.717) is 12.4 Å². The molecule has 0 aromatic heterocycles. The Morgan fingerprint density at radius 1 is 0.963 bits per heavy atom. The summed E-state index contributed by atoms with van der Waals surface area (Å²) >= 11 is 0. The van der Waals surface area contributed by atoms with Crippen LogP contribution in [0.15, 0.2) is 54.6 Å². The van der Waals surface area contributed by atoms with Crippen LogP contribution in [0.5, 0.6) is 5.75 Å². The van der Waals surface area contributed by atoms with Gasteiger partial charge in [-0.3, -0.25) is 4.90 Å². The lowest BCUT2D eigenvalue weighted by Gasteiger charge is -2.36. The summed E-state index contributed by atoms with van der Waals surface area (Å²) in [7, 11) is 0. The van der Waals surface area contributed by atoms with Gasteiger partial charge in [0.2, 0.25) is 0 Å². The number of hydrogen-bond acceptors (Lipinski definition) is 3. The van der Waals surface area contributed by atoms with Crippen LogP contribution in [0.1, 0.15) is 30.0 Å². The van der Waals surface area contributed by atoms with Gasteiger partial charge in [0.1, 0.15) is 12.4 Å². The van der Waals surface area contributed by atoms with Crippen molar-refractivity contribution in [3.63, 3.8) is 0 Å². The van der Waals surface area contributed by atoms with E-state index in [9.17, 15) is 13.2 Å². The Morgan fingerprint density at radius 2 is 1.63 bits per heavy atom. The summed E-state index contributed by atoms with van der Waals surface area (Å²) in [6.07, 6.45) is -4.92. The van der Waals surface area contributed by atoms with Crippen LogP contribution in [-0.2, 0) is 6.61 Å². The molecule has 1 aliphatic heterocycles. The molecule has 1 atom stereocenters. The van der Waals surface area contributed by atoms with Crippen LogP contribution >= 0.6 is 0 Å². The number of ether oxygens (including phenoxy) is 1. The predicted molar refractivity (Wildman–Crippen MR) is 99.7 cm³/mol. The van der Waals surface area contributed by atoms with Gasteiger partial charge in [-0.15, -0.1) is 0 Å². The number of nitrogens with zero attached hydrogens (tertiary/aromatic N) is 1. The van der Waals surface area contributed by atoms with Crippen molar-refractivity contribution in [2.75, 3.05) is 26.2 Å². The minimum Gasteiger partial charge on any atom is -0.489 e. The van der Waals surface area contributed by atoms with Crippen LogP contribution in [0, 0.1) is 0 Å². The van der Waals surface area contributed by atoms with Gasteiger partial charge in [-0.25, -0.2) is 0 Å². The van der Waals surface area contributed by atoms with Crippen LogP contribution in [0.25, 0.3) is 0 Å². The molecule has 146 valence electrons. The molecule has 1 aliphatic rings. The summed E-state index contributed by atoms with van der Waals surface area (Å²) in [5, 5.41) is 3.26. The van der Waals surface area contributed by atoms with E-state index in [2.05, 4.69) is 10.2 Å². The van der Waals surface area contributed by atoms with Crippen molar-refractivity contribution in [3.05, 3.63) is 65.7 Å². The third-order valence-corrected chi connectivity index (χ3v) is 4.81. The smallest absolute Gasteiger partial charge is 0.389 e. The molecule has 0 radical (unpaired) electrons. The van der Waals surface area contributed by atoms with Crippen molar-refractivity contribution in [2.24, 2.45) is 0 Å². The summed E-state index contributed by atoms with van der Waals surface area (Å²) in [6, 6.07) is 16.9. The van der Waals surface area contributed by atoms with Gasteiger partial charge in [-0.2, -0.15) is 13.2 Å². The van der Waals surface area contributed by atoms with Crippen LogP contribution in [-0.4, -0.2) is 37.3 Å². The van der Waals surface area contributed by atoms with Gasteiger partial charge >= 0.3 is 6.18 Å². The van der Waals surface area contributed by atoms with E-state index in [0.717, 1.165) is 37.3 Å². The van der Waals surface area contributed by atoms with Gasteiger partial charge in [0.25, 0.3) is 0 Å². The van der Waals surface area contributed by atoms with E-state index >= 15 is 0 Å². The third-order valence-electron chi connectivity index (χ3n) is 4.81. The number of hydrogen-bond donors (Lipinski definition) is 1. The molecule has 2 aromatic rings. The SMILES string of the molecule is FC(F)(F)CC[C@H](c1ccccc1OCc1ccccc1)N1CCNCC1. The molecule has 1 heterocycles. The maximum absolute atomic E-state index is 12.9. The molecule has 27 heavy (non-hydrogen) atoms. The van der Waals surface area contributed by atoms with Crippen molar-refractivity contribution in [3.8, 4) is 5.75 Å². The zero-order valence-electron chi connectivity index (χ0n) is 15.2. The fraction of sp³-hybridized carbons (Fsp3) is 0.429. The lowest BCUT2D eigenvalue weighted by atomic mass is 9.98. The average Bonchev–Trinajstić information content (AvgIpc) is 2.68. The molecule has 0 saturated carbocycles. The normalized spacial score (nSPS) is 16.9. The molecule has 0 spiro atoms. The molecule has 0 unspecified atom stereocenters. The van der Waals surface area contributed by atoms with Crippen LogP contribution in [0.4, 0.5) is 13.2 Å². The van der Waals surface area contributed by atoms with Gasteiger partial charge in [0, 0.05) is 44.2 Å². The number of alkyl halides is 3. The van der Waals surface area contributed by atoms with Gasteiger partial charge in [0.05, 0.1) is 0 Å². The van der Waals surface area contributed by atoms with Gasteiger partial charge in [0.15, 0.2) is 0 Å². The van der Waals surface area contributed by atoms with Crippen molar-refractivity contribution < 1.29 is 17.9 Å². The Bertz CT molecular complexity index is 700. The van der Waals surface area contributed by atoms with Crippen LogP contribution in [0.2, 0.25) is 0 Å². The molecule has 1 fully saturated rings. The average molecular weight is 378 g/mol. The first kappa shape index (κ1) is 19.7. The van der Waals surface area contributed by atoms with E-state index in [4.69, 9.17) is 4.74 Å². The highest BCUT2D eigenvalue weighted by Crippen LogP contribution is 2.36. The van der Waals surface area contributed by atoms with Gasteiger partial charge < -0.3 is 10.1 Å². The van der Waals surface area contributed by atoms with Crippen LogP contribution in [0.3, 0.4) is 0 Å². The molecule has 1 saturated heterocycles. The lowest BCUT2D eigenvalue weighted by Crippen LogP contribution is -2.45. The second-order valence-electron chi connectivity index (χ2n) is 6.77. The van der Waals surface area contributed by atoms with E-state index in [-0.39, 0.29) is 12.5 Å². The standard InChI is InChI=1S/C21H25F3N2O/c22-21(23,24)11-10-19(26-14-12-25-13-15-26)18-8-4-5-9-20(18)27-16-17-6-2-1-3-7-17/h1-9,19,25H,10-16H2/t19-/m1/s1. The predicted octanol–water partition coefficient (Wildman–Crippen LogP) is 4.55. The topological polar surface area (TPSA) is 24.5 Å². The molecular formula is C21H25F3N2O. The molecule has 0 bridgehead atoms. The van der Waals surface area contributed by atoms with Gasteiger partial charge in [-0.1, -0.05) is 48.5 Å². The summed E-state index contributed by atoms with van der Waals surface area (Å²) in [4.78, 5) is 2.13. The Labute approximate surface area is 158 Å². The first-order valence-corrected chi connectivity index (χ1v) is 9.30. The minimum atomic E-state index is -4.16. The third kappa shape index (κ3) is 5.97. The Hall–Kier alpha value is -2.05. The van der Waals surface area contributed by atoms with E-state index in [1.165, 1.54) is 0 Å². The van der Waals surface area contributed by atoms with E-state index < -0.39 is 12.6 Å². The Morgan fingerprint density at radius 3 is 2.33 bits per heavy atom. The fourth-order valence-electron chi connectivity index (χ4n) is 3.45. The van der Waals surface area contributed by atoms with Crippen molar-refractivity contribution in [2.45, 2.75) is 31.7 Å². The fourth-order valence-corrected chi connectivity index (χ4v) is 3.45. The number of benzene rings is 2. The highest BCUT2D eigenvalue weighted by Gasteiger charge is 2.32. The highest BCUT2D eigenvalue weighted by atomic mass is 19.4. The Balaban J connectivity index is 1.79. The monoisotopic (exact) mass is 378 g/mol. The Kier molecular flexibility index (Phi) is 6.74. The van der Waals surface area contributed by atoms with E-state index in [1.54, 1.807) is 0 Å². The lowest BCUT2D eigenvalue weighted by molar-refractivity contribution is -0.138. The number of halogens is 3. The quantitative estimate of drug-likeness (QED) is 0.765. The second kappa shape index (κ2) is 9.24. The maximum atomic E-state index is 12.9. The maximum Gasteiger partial charge on any atom is 0.389 e. The molecule has 3 nitrogen and oxygen atoms in total. The molecule has 0 aliphatic carbocycles. The zero-order valence-corrected chi connectivity index (χ0v) is 15.2. The number of nitrogens with one attached hydrogen (secondary N) is 1. The van der Waals surface area contributed by atoms with E-state index in [1.807, 2.05) is 54.6 Å². The first-order chi connectivity index (χ1) is 13.0. The summed E-state index contributed by atoms with van der Waals surface area (Å²) in [5.41, 5.74) is 1.86. The van der Waals surface area contributed by atoms with Gasteiger partial charge in [-0.05, 0) is 18.1 Å². The largest absolute Gasteiger partial charge is 0.489 e. The zero-order chi connectivity index (χ0) is 19.1. The second-order valence-corrected chi connectivity index (χ2v) is 6.77. The summed E-state index contributed by atoms with van der Waals surface area (Å²) in [5.74, 6) is 0.659. The molecular weight excluding hydrogens is 353 g/mol. The molecule has 0 amide bonds. The van der Waals surface area contributed by atoms with Crippen LogP contribution < -0.4 is 10.1 Å². The van der Waals surface area contributed by atoms with Crippen molar-refractivity contribution in [1.82, 2.24) is 10.2 Å². The summed E-state index contributed by atoms with van der Waals surface area (Å²) in [6.45, 7) is 3.43. The van der Waals surface area contributed by atoms with Crippen molar-refractivity contribution >= 4 is 0 Å². The number of piperazine rings is 1. The molecule has 6 heteroatoms. The number of rotatable bonds is 7. The highest BCUT2D eigenvalue weighted by molar-refractivity contribution is 5.36. The number of para-hydroxylation sites is 1. The molecule has 3 rings (SSSR count). The molecule has 2 aromatic carbocycles.